The molecular formula is C21H22Cl2N4OS. The number of fused-ring (bicyclic) bond motifs is 1. The topological polar surface area (TPSA) is 56.7 Å². The third kappa shape index (κ3) is 4.71. The van der Waals surface area contributed by atoms with Crippen molar-refractivity contribution in [2.45, 2.75) is 32.5 Å². The van der Waals surface area contributed by atoms with Gasteiger partial charge in [-0.05, 0) is 49.8 Å². The van der Waals surface area contributed by atoms with Crippen LogP contribution in [0, 0.1) is 0 Å². The third-order valence-corrected chi connectivity index (χ3v) is 5.58. The molecule has 2 aromatic rings. The van der Waals surface area contributed by atoms with Gasteiger partial charge in [0.25, 0.3) is 5.91 Å². The fraction of sp³-hybridized carbons (Fsp3) is 0.286. The zero-order valence-corrected chi connectivity index (χ0v) is 18.7. The Labute approximate surface area is 186 Å². The van der Waals surface area contributed by atoms with Crippen LogP contribution in [0.3, 0.4) is 0 Å². The van der Waals surface area contributed by atoms with Crippen molar-refractivity contribution in [1.82, 2.24) is 10.6 Å². The lowest BCUT2D eigenvalue weighted by Crippen LogP contribution is -2.50. The first-order chi connectivity index (χ1) is 13.8. The Morgan fingerprint density at radius 1 is 1.24 bits per heavy atom. The molecule has 0 saturated carbocycles. The molecule has 2 N–H and O–H groups in total. The standard InChI is InChI=1S/C21H22Cl2N4OS/c1-4-12(2)24-21(29)26-19-20(28)27(3)17-10-9-13(22)11-15(17)18(25-19)14-7-5-6-8-16(14)23/h5-12,19H,4H2,1-3H3,(H2,24,26,29). The fourth-order valence-electron chi connectivity index (χ4n) is 3.00. The average Bonchev–Trinajstić information content (AvgIpc) is 2.79. The largest absolute Gasteiger partial charge is 0.360 e. The molecule has 5 nitrogen and oxygen atoms in total. The molecule has 0 spiro atoms. The van der Waals surface area contributed by atoms with Gasteiger partial charge in [-0.3, -0.25) is 4.79 Å². The van der Waals surface area contributed by atoms with Crippen molar-refractivity contribution in [3.05, 3.63) is 63.6 Å². The van der Waals surface area contributed by atoms with Gasteiger partial charge in [0.1, 0.15) is 0 Å². The number of nitrogens with one attached hydrogen (secondary N) is 2. The van der Waals surface area contributed by atoms with Gasteiger partial charge < -0.3 is 15.5 Å². The van der Waals surface area contributed by atoms with Crippen LogP contribution in [0.5, 0.6) is 0 Å². The number of rotatable bonds is 4. The minimum atomic E-state index is -0.901. The predicted octanol–water partition coefficient (Wildman–Crippen LogP) is 4.40. The van der Waals surface area contributed by atoms with Gasteiger partial charge in [-0.2, -0.15) is 0 Å². The number of thiocarbonyl (C=S) groups is 1. The first kappa shape index (κ1) is 21.6. The Bertz CT molecular complexity index is 979. The maximum Gasteiger partial charge on any atom is 0.272 e. The van der Waals surface area contributed by atoms with E-state index in [0.717, 1.165) is 12.0 Å². The third-order valence-electron chi connectivity index (χ3n) is 4.78. The summed E-state index contributed by atoms with van der Waals surface area (Å²) >= 11 is 18.1. The van der Waals surface area contributed by atoms with E-state index in [0.29, 0.717) is 32.1 Å². The number of hydrogen-bond donors (Lipinski definition) is 2. The van der Waals surface area contributed by atoms with Gasteiger partial charge in [-0.25, -0.2) is 4.99 Å². The Balaban J connectivity index is 2.11. The van der Waals surface area contributed by atoms with Gasteiger partial charge in [0, 0.05) is 34.3 Å². The molecule has 0 radical (unpaired) electrons. The molecule has 1 amide bonds. The van der Waals surface area contributed by atoms with Crippen LogP contribution in [-0.4, -0.2) is 36.0 Å². The number of aliphatic imine (C=N–C) groups is 1. The minimum absolute atomic E-state index is 0.177. The zero-order chi connectivity index (χ0) is 21.1. The second-order valence-electron chi connectivity index (χ2n) is 6.85. The molecule has 2 unspecified atom stereocenters. The monoisotopic (exact) mass is 448 g/mol. The van der Waals surface area contributed by atoms with Crippen molar-refractivity contribution in [3.8, 4) is 0 Å². The van der Waals surface area contributed by atoms with Crippen LogP contribution in [0.4, 0.5) is 5.69 Å². The summed E-state index contributed by atoms with van der Waals surface area (Å²) in [7, 11) is 1.71. The molecular weight excluding hydrogens is 427 g/mol. The molecule has 0 bridgehead atoms. The fourth-order valence-corrected chi connectivity index (χ4v) is 3.71. The van der Waals surface area contributed by atoms with E-state index < -0.39 is 6.17 Å². The van der Waals surface area contributed by atoms with Crippen LogP contribution in [0.1, 0.15) is 31.4 Å². The van der Waals surface area contributed by atoms with E-state index in [1.807, 2.05) is 25.1 Å². The van der Waals surface area contributed by atoms with Crippen molar-refractivity contribution in [2.75, 3.05) is 11.9 Å². The number of benzodiazepines with no additional fused rings is 1. The number of carbonyl (C=O) groups is 1. The van der Waals surface area contributed by atoms with Crippen molar-refractivity contribution in [2.24, 2.45) is 4.99 Å². The number of anilines is 1. The molecule has 0 saturated heterocycles. The van der Waals surface area contributed by atoms with Gasteiger partial charge >= 0.3 is 0 Å². The molecule has 1 aliphatic rings. The highest BCUT2D eigenvalue weighted by molar-refractivity contribution is 7.80. The number of carbonyl (C=O) groups excluding carboxylic acids is 1. The van der Waals surface area contributed by atoms with Gasteiger partial charge in [-0.15, -0.1) is 0 Å². The summed E-state index contributed by atoms with van der Waals surface area (Å²) in [6, 6.07) is 12.9. The average molecular weight is 449 g/mol. The van der Waals surface area contributed by atoms with Crippen LogP contribution < -0.4 is 15.5 Å². The highest BCUT2D eigenvalue weighted by Crippen LogP contribution is 2.31. The minimum Gasteiger partial charge on any atom is -0.360 e. The van der Waals surface area contributed by atoms with Gasteiger partial charge in [0.15, 0.2) is 5.11 Å². The maximum absolute atomic E-state index is 13.1. The number of likely N-dealkylation sites (N-methyl/N-ethyl adjacent to an activating group) is 1. The number of hydrogen-bond acceptors (Lipinski definition) is 3. The molecule has 2 atom stereocenters. The molecule has 0 fully saturated rings. The zero-order valence-electron chi connectivity index (χ0n) is 16.4. The van der Waals surface area contributed by atoms with Crippen LogP contribution in [-0.2, 0) is 4.79 Å². The predicted molar refractivity (Wildman–Crippen MR) is 124 cm³/mol. The molecule has 1 heterocycles. The van der Waals surface area contributed by atoms with E-state index in [1.165, 1.54) is 0 Å². The van der Waals surface area contributed by atoms with E-state index in [1.54, 1.807) is 36.2 Å². The van der Waals surface area contributed by atoms with E-state index in [4.69, 9.17) is 40.4 Å². The van der Waals surface area contributed by atoms with Gasteiger partial charge in [0.05, 0.1) is 11.4 Å². The summed E-state index contributed by atoms with van der Waals surface area (Å²) in [5.41, 5.74) is 2.72. The smallest absolute Gasteiger partial charge is 0.272 e. The quantitative estimate of drug-likeness (QED) is 0.680. The lowest BCUT2D eigenvalue weighted by atomic mass is 10.00. The maximum atomic E-state index is 13.1. The molecule has 8 heteroatoms. The second kappa shape index (κ2) is 9.11. The number of halogens is 2. The van der Waals surface area contributed by atoms with Crippen molar-refractivity contribution < 1.29 is 4.79 Å². The van der Waals surface area contributed by atoms with Gasteiger partial charge in [-0.1, -0.05) is 48.3 Å². The van der Waals surface area contributed by atoms with Crippen LogP contribution in [0.15, 0.2) is 47.5 Å². The van der Waals surface area contributed by atoms with Gasteiger partial charge in [0.2, 0.25) is 6.17 Å². The lowest BCUT2D eigenvalue weighted by molar-refractivity contribution is -0.119. The lowest BCUT2D eigenvalue weighted by Gasteiger charge is -2.23. The first-order valence-corrected chi connectivity index (χ1v) is 10.5. The number of benzene rings is 2. The Morgan fingerprint density at radius 2 is 1.97 bits per heavy atom. The highest BCUT2D eigenvalue weighted by Gasteiger charge is 2.31. The Kier molecular flexibility index (Phi) is 6.77. The highest BCUT2D eigenvalue weighted by atomic mass is 35.5. The van der Waals surface area contributed by atoms with Crippen LogP contribution in [0.25, 0.3) is 0 Å². The second-order valence-corrected chi connectivity index (χ2v) is 8.10. The molecule has 152 valence electrons. The van der Waals surface area contributed by atoms with E-state index >= 15 is 0 Å². The van der Waals surface area contributed by atoms with Crippen molar-refractivity contribution in [1.29, 1.82) is 0 Å². The first-order valence-electron chi connectivity index (χ1n) is 9.29. The number of amides is 1. The normalized spacial score (nSPS) is 17.1. The number of nitrogens with zero attached hydrogens (tertiary/aromatic N) is 2. The summed E-state index contributed by atoms with van der Waals surface area (Å²) in [5, 5.41) is 7.65. The van der Waals surface area contributed by atoms with E-state index in [2.05, 4.69) is 17.6 Å². The summed E-state index contributed by atoms with van der Waals surface area (Å²) in [6.45, 7) is 4.07. The summed E-state index contributed by atoms with van der Waals surface area (Å²) in [4.78, 5) is 19.4. The van der Waals surface area contributed by atoms with Crippen molar-refractivity contribution >= 4 is 57.8 Å². The Hall–Kier alpha value is -2.15. The molecule has 0 aromatic heterocycles. The van der Waals surface area contributed by atoms with Crippen LogP contribution >= 0.6 is 35.4 Å². The molecule has 0 aliphatic carbocycles. The Morgan fingerprint density at radius 3 is 2.66 bits per heavy atom. The SMILES string of the molecule is CCC(C)NC(=S)NC1N=C(c2ccccc2Cl)c2cc(Cl)ccc2N(C)C1=O. The van der Waals surface area contributed by atoms with E-state index in [-0.39, 0.29) is 11.9 Å². The summed E-state index contributed by atoms with van der Waals surface area (Å²) < 4.78 is 0. The summed E-state index contributed by atoms with van der Waals surface area (Å²) in [5.74, 6) is -0.232. The molecule has 3 rings (SSSR count). The van der Waals surface area contributed by atoms with Crippen molar-refractivity contribution in [3.63, 3.8) is 0 Å². The van der Waals surface area contributed by atoms with E-state index in [9.17, 15) is 4.79 Å². The van der Waals surface area contributed by atoms with Crippen LogP contribution in [0.2, 0.25) is 10.0 Å². The molecule has 29 heavy (non-hydrogen) atoms. The molecule has 1 aliphatic heterocycles. The summed E-state index contributed by atoms with van der Waals surface area (Å²) in [6.07, 6.45) is -0.000177. The molecule has 2 aromatic carbocycles.